The van der Waals surface area contributed by atoms with Gasteiger partial charge in [0.05, 0.1) is 26.4 Å². The molecule has 0 heterocycles. The van der Waals surface area contributed by atoms with Gasteiger partial charge in [0.25, 0.3) is 0 Å². The number of hydrogen-bond donors (Lipinski definition) is 0. The number of nitrogens with zero attached hydrogens (tertiary/aromatic N) is 1. The molecule has 0 N–H and O–H groups in total. The van der Waals surface area contributed by atoms with E-state index in [1.807, 2.05) is 18.7 Å². The highest BCUT2D eigenvalue weighted by Crippen LogP contribution is 1.95. The van der Waals surface area contributed by atoms with Gasteiger partial charge in [0.15, 0.2) is 0 Å². The Balaban J connectivity index is 3.77. The molecule has 0 fully saturated rings. The highest BCUT2D eigenvalue weighted by atomic mass is 16.5. The zero-order chi connectivity index (χ0) is 11.7. The Morgan fingerprint density at radius 3 is 2.47 bits per heavy atom. The summed E-state index contributed by atoms with van der Waals surface area (Å²) in [6.45, 7) is 8.79. The van der Waals surface area contributed by atoms with Crippen LogP contribution in [-0.2, 0) is 14.3 Å². The van der Waals surface area contributed by atoms with Crippen LogP contribution < -0.4 is 0 Å². The Hall–Kier alpha value is -0.610. The van der Waals surface area contributed by atoms with E-state index in [4.69, 9.17) is 4.74 Å². The summed E-state index contributed by atoms with van der Waals surface area (Å²) in [4.78, 5) is 13.1. The number of hydrogen-bond acceptors (Lipinski definition) is 4. The molecule has 15 heavy (non-hydrogen) atoms. The SMILES string of the molecule is CCCN(CCOC(C)C)CC(=O)OC. The van der Waals surface area contributed by atoms with Crippen molar-refractivity contribution in [2.45, 2.75) is 33.3 Å². The first-order valence-corrected chi connectivity index (χ1v) is 5.50. The van der Waals surface area contributed by atoms with Gasteiger partial charge in [0, 0.05) is 6.54 Å². The number of rotatable bonds is 8. The molecule has 0 aromatic rings. The van der Waals surface area contributed by atoms with Crippen molar-refractivity contribution in [1.29, 1.82) is 0 Å². The molecule has 0 aromatic heterocycles. The maximum absolute atomic E-state index is 11.1. The molecule has 4 heteroatoms. The molecule has 0 saturated heterocycles. The van der Waals surface area contributed by atoms with Crippen LogP contribution in [0.2, 0.25) is 0 Å². The molecule has 0 unspecified atom stereocenters. The molecule has 0 spiro atoms. The third-order valence-electron chi connectivity index (χ3n) is 1.98. The molecule has 0 aliphatic rings. The Bertz CT molecular complexity index is 171. The van der Waals surface area contributed by atoms with Gasteiger partial charge in [0.1, 0.15) is 0 Å². The predicted molar refractivity (Wildman–Crippen MR) is 59.8 cm³/mol. The Morgan fingerprint density at radius 2 is 2.00 bits per heavy atom. The van der Waals surface area contributed by atoms with Gasteiger partial charge in [-0.1, -0.05) is 6.92 Å². The maximum atomic E-state index is 11.1. The monoisotopic (exact) mass is 217 g/mol. The third kappa shape index (κ3) is 8.39. The fourth-order valence-electron chi connectivity index (χ4n) is 1.25. The van der Waals surface area contributed by atoms with Gasteiger partial charge < -0.3 is 9.47 Å². The lowest BCUT2D eigenvalue weighted by atomic mass is 10.4. The number of ether oxygens (including phenoxy) is 2. The van der Waals surface area contributed by atoms with Gasteiger partial charge in [-0.25, -0.2) is 0 Å². The summed E-state index contributed by atoms with van der Waals surface area (Å²) < 4.78 is 10.1. The molecule has 0 bridgehead atoms. The van der Waals surface area contributed by atoms with Crippen molar-refractivity contribution >= 4 is 5.97 Å². The zero-order valence-electron chi connectivity index (χ0n) is 10.3. The molecular formula is C11H23NO3. The van der Waals surface area contributed by atoms with Gasteiger partial charge in [-0.2, -0.15) is 0 Å². The standard InChI is InChI=1S/C11H23NO3/c1-5-6-12(9-11(13)14-4)7-8-15-10(2)3/h10H,5-9H2,1-4H3. The van der Waals surface area contributed by atoms with Crippen LogP contribution in [0.25, 0.3) is 0 Å². The third-order valence-corrected chi connectivity index (χ3v) is 1.98. The second kappa shape index (κ2) is 8.68. The van der Waals surface area contributed by atoms with Gasteiger partial charge in [-0.3, -0.25) is 9.69 Å². The van der Waals surface area contributed by atoms with E-state index in [9.17, 15) is 4.79 Å². The van der Waals surface area contributed by atoms with E-state index in [0.29, 0.717) is 13.2 Å². The van der Waals surface area contributed by atoms with Gasteiger partial charge in [-0.05, 0) is 26.8 Å². The minimum absolute atomic E-state index is 0.187. The van der Waals surface area contributed by atoms with Crippen LogP contribution in [0.1, 0.15) is 27.2 Å². The van der Waals surface area contributed by atoms with E-state index in [-0.39, 0.29) is 12.1 Å². The van der Waals surface area contributed by atoms with Gasteiger partial charge in [-0.15, -0.1) is 0 Å². The van der Waals surface area contributed by atoms with Crippen LogP contribution in [-0.4, -0.2) is 50.3 Å². The van der Waals surface area contributed by atoms with Crippen molar-refractivity contribution in [2.24, 2.45) is 0 Å². The van der Waals surface area contributed by atoms with Crippen molar-refractivity contribution in [3.05, 3.63) is 0 Å². The van der Waals surface area contributed by atoms with Gasteiger partial charge in [0.2, 0.25) is 0 Å². The number of carbonyl (C=O) groups excluding carboxylic acids is 1. The van der Waals surface area contributed by atoms with Crippen molar-refractivity contribution in [3.63, 3.8) is 0 Å². The van der Waals surface area contributed by atoms with E-state index in [1.165, 1.54) is 7.11 Å². The van der Waals surface area contributed by atoms with E-state index >= 15 is 0 Å². The first kappa shape index (κ1) is 14.4. The van der Waals surface area contributed by atoms with Crippen LogP contribution in [0, 0.1) is 0 Å². The summed E-state index contributed by atoms with van der Waals surface area (Å²) in [5.41, 5.74) is 0. The molecule has 0 amide bonds. The van der Waals surface area contributed by atoms with Crippen LogP contribution in [0.5, 0.6) is 0 Å². The minimum atomic E-state index is -0.187. The lowest BCUT2D eigenvalue weighted by Crippen LogP contribution is -2.34. The summed E-state index contributed by atoms with van der Waals surface area (Å²) in [7, 11) is 1.41. The topological polar surface area (TPSA) is 38.8 Å². The van der Waals surface area contributed by atoms with Crippen molar-refractivity contribution in [1.82, 2.24) is 4.90 Å². The maximum Gasteiger partial charge on any atom is 0.319 e. The molecule has 0 aliphatic heterocycles. The quantitative estimate of drug-likeness (QED) is 0.574. The summed E-state index contributed by atoms with van der Waals surface area (Å²) in [5, 5.41) is 0. The molecule has 0 radical (unpaired) electrons. The summed E-state index contributed by atoms with van der Waals surface area (Å²) in [5.74, 6) is -0.187. The number of methoxy groups -OCH3 is 1. The van der Waals surface area contributed by atoms with Crippen molar-refractivity contribution < 1.29 is 14.3 Å². The lowest BCUT2D eigenvalue weighted by Gasteiger charge is -2.20. The van der Waals surface area contributed by atoms with E-state index in [0.717, 1.165) is 19.5 Å². The summed E-state index contributed by atoms with van der Waals surface area (Å²) >= 11 is 0. The highest BCUT2D eigenvalue weighted by molar-refractivity contribution is 5.71. The largest absolute Gasteiger partial charge is 0.468 e. The molecule has 0 aromatic carbocycles. The Kier molecular flexibility index (Phi) is 8.33. The van der Waals surface area contributed by atoms with Gasteiger partial charge >= 0.3 is 5.97 Å². The molecule has 0 rings (SSSR count). The number of esters is 1. The lowest BCUT2D eigenvalue weighted by molar-refractivity contribution is -0.142. The molecule has 0 aliphatic carbocycles. The van der Waals surface area contributed by atoms with Crippen LogP contribution >= 0.6 is 0 Å². The van der Waals surface area contributed by atoms with Crippen molar-refractivity contribution in [2.75, 3.05) is 33.4 Å². The normalized spacial score (nSPS) is 11.1. The van der Waals surface area contributed by atoms with E-state index < -0.39 is 0 Å². The van der Waals surface area contributed by atoms with E-state index in [2.05, 4.69) is 11.7 Å². The summed E-state index contributed by atoms with van der Waals surface area (Å²) in [6.07, 6.45) is 1.27. The van der Waals surface area contributed by atoms with Crippen LogP contribution in [0.3, 0.4) is 0 Å². The summed E-state index contributed by atoms with van der Waals surface area (Å²) in [6, 6.07) is 0. The highest BCUT2D eigenvalue weighted by Gasteiger charge is 2.09. The van der Waals surface area contributed by atoms with Crippen molar-refractivity contribution in [3.8, 4) is 0 Å². The fraction of sp³-hybridized carbons (Fsp3) is 0.909. The minimum Gasteiger partial charge on any atom is -0.468 e. The second-order valence-corrected chi connectivity index (χ2v) is 3.77. The fourth-order valence-corrected chi connectivity index (χ4v) is 1.25. The zero-order valence-corrected chi connectivity index (χ0v) is 10.3. The smallest absolute Gasteiger partial charge is 0.319 e. The second-order valence-electron chi connectivity index (χ2n) is 3.77. The first-order chi connectivity index (χ1) is 7.10. The van der Waals surface area contributed by atoms with Crippen LogP contribution in [0.4, 0.5) is 0 Å². The molecule has 0 saturated carbocycles. The molecular weight excluding hydrogens is 194 g/mol. The average molecular weight is 217 g/mol. The van der Waals surface area contributed by atoms with Crippen LogP contribution in [0.15, 0.2) is 0 Å². The predicted octanol–water partition coefficient (Wildman–Crippen LogP) is 1.30. The average Bonchev–Trinajstić information content (AvgIpc) is 2.17. The molecule has 0 atom stereocenters. The molecule has 4 nitrogen and oxygen atoms in total. The molecule has 90 valence electrons. The number of carbonyl (C=O) groups is 1. The van der Waals surface area contributed by atoms with E-state index in [1.54, 1.807) is 0 Å². The Labute approximate surface area is 92.5 Å². The first-order valence-electron chi connectivity index (χ1n) is 5.50. The Morgan fingerprint density at radius 1 is 1.33 bits per heavy atom.